The van der Waals surface area contributed by atoms with Crippen molar-refractivity contribution in [3.8, 4) is 0 Å². The summed E-state index contributed by atoms with van der Waals surface area (Å²) in [5.74, 6) is 0.114. The van der Waals surface area contributed by atoms with Crippen LogP contribution in [0.25, 0.3) is 0 Å². The Morgan fingerprint density at radius 3 is 2.43 bits per heavy atom. The number of benzene rings is 1. The Balaban J connectivity index is 0.00000264. The third-order valence-electron chi connectivity index (χ3n) is 4.70. The van der Waals surface area contributed by atoms with Gasteiger partial charge in [0.1, 0.15) is 0 Å². The lowest BCUT2D eigenvalue weighted by atomic mass is 9.78. The Kier molecular flexibility index (Phi) is 8.03. The van der Waals surface area contributed by atoms with Crippen LogP contribution in [0.4, 0.5) is 0 Å². The molecule has 0 radical (unpaired) electrons. The molecule has 2 rings (SSSR count). The second-order valence-corrected chi connectivity index (χ2v) is 6.25. The predicted octanol–water partition coefficient (Wildman–Crippen LogP) is 2.86. The zero-order chi connectivity index (χ0) is 16.0. The molecule has 5 heteroatoms. The zero-order valence-corrected chi connectivity index (χ0v) is 15.2. The summed E-state index contributed by atoms with van der Waals surface area (Å²) in [5.41, 5.74) is 2.07. The van der Waals surface area contributed by atoms with E-state index < -0.39 is 5.41 Å². The van der Waals surface area contributed by atoms with Crippen LogP contribution in [0.5, 0.6) is 0 Å². The number of nitrogens with one attached hydrogen (secondary N) is 2. The van der Waals surface area contributed by atoms with E-state index in [4.69, 9.17) is 4.74 Å². The molecule has 0 bridgehead atoms. The fourth-order valence-corrected chi connectivity index (χ4v) is 3.09. The lowest BCUT2D eigenvalue weighted by Crippen LogP contribution is -2.50. The number of hydrogen-bond acceptors (Lipinski definition) is 3. The number of piperidine rings is 1. The van der Waals surface area contributed by atoms with E-state index >= 15 is 0 Å². The minimum atomic E-state index is -0.391. The molecule has 0 aromatic heterocycles. The highest BCUT2D eigenvalue weighted by molar-refractivity contribution is 5.85. The molecule has 23 heavy (non-hydrogen) atoms. The molecular formula is C18H29ClN2O2. The normalized spacial score (nSPS) is 17.9. The highest BCUT2D eigenvalue weighted by atomic mass is 35.5. The summed E-state index contributed by atoms with van der Waals surface area (Å²) < 4.78 is 5.33. The molecule has 1 aromatic carbocycles. The lowest BCUT2D eigenvalue weighted by Gasteiger charge is -2.36. The first-order valence-corrected chi connectivity index (χ1v) is 8.21. The van der Waals surface area contributed by atoms with Crippen molar-refractivity contribution in [2.75, 3.05) is 26.8 Å². The van der Waals surface area contributed by atoms with E-state index in [0.29, 0.717) is 6.61 Å². The molecule has 1 atom stereocenters. The molecule has 1 aromatic rings. The van der Waals surface area contributed by atoms with E-state index in [0.717, 1.165) is 37.9 Å². The van der Waals surface area contributed by atoms with Crippen LogP contribution in [0.1, 0.15) is 43.9 Å². The second kappa shape index (κ2) is 9.26. The Morgan fingerprint density at radius 2 is 1.91 bits per heavy atom. The van der Waals surface area contributed by atoms with Gasteiger partial charge in [-0.25, -0.2) is 0 Å². The van der Waals surface area contributed by atoms with Crippen molar-refractivity contribution in [3.63, 3.8) is 0 Å². The highest BCUT2D eigenvalue weighted by Gasteiger charge is 2.40. The maximum atomic E-state index is 12.8. The van der Waals surface area contributed by atoms with Crippen LogP contribution in [0, 0.1) is 5.41 Å². The van der Waals surface area contributed by atoms with Crippen LogP contribution < -0.4 is 10.6 Å². The number of rotatable bonds is 6. The van der Waals surface area contributed by atoms with Crippen molar-refractivity contribution < 1.29 is 9.53 Å². The zero-order valence-electron chi connectivity index (χ0n) is 14.4. The number of methoxy groups -OCH3 is 1. The molecule has 1 aliphatic rings. The minimum Gasteiger partial charge on any atom is -0.384 e. The van der Waals surface area contributed by atoms with Crippen LogP contribution >= 0.6 is 12.4 Å². The van der Waals surface area contributed by atoms with Crippen molar-refractivity contribution in [1.82, 2.24) is 10.6 Å². The van der Waals surface area contributed by atoms with Gasteiger partial charge in [0.25, 0.3) is 0 Å². The fraction of sp³-hybridized carbons (Fsp3) is 0.611. The first-order valence-electron chi connectivity index (χ1n) is 8.21. The molecule has 0 aliphatic carbocycles. The third kappa shape index (κ3) is 4.93. The summed E-state index contributed by atoms with van der Waals surface area (Å²) >= 11 is 0. The maximum Gasteiger partial charge on any atom is 0.229 e. The largest absolute Gasteiger partial charge is 0.384 e. The molecule has 1 unspecified atom stereocenters. The number of aryl methyl sites for hydroxylation is 1. The quantitative estimate of drug-likeness (QED) is 0.837. The maximum absolute atomic E-state index is 12.8. The standard InChI is InChI=1S/C18H28N2O2.ClH/c1-4-15-5-7-16(8-6-15)14(2)20-17(21)18(13-22-3)9-11-19-12-10-18;/h5-8,14,19H,4,9-13H2,1-3H3,(H,20,21);1H. The van der Waals surface area contributed by atoms with E-state index in [1.165, 1.54) is 5.56 Å². The monoisotopic (exact) mass is 340 g/mol. The SMILES string of the molecule is CCc1ccc(C(C)NC(=O)C2(COC)CCNCC2)cc1.Cl. The van der Waals surface area contributed by atoms with Gasteiger partial charge in [-0.1, -0.05) is 31.2 Å². The van der Waals surface area contributed by atoms with Gasteiger partial charge in [0.15, 0.2) is 0 Å². The number of carbonyl (C=O) groups excluding carboxylic acids is 1. The van der Waals surface area contributed by atoms with Crippen LogP contribution in [0.15, 0.2) is 24.3 Å². The van der Waals surface area contributed by atoms with E-state index in [1.807, 2.05) is 6.92 Å². The molecule has 1 heterocycles. The average molecular weight is 341 g/mol. The van der Waals surface area contributed by atoms with Crippen LogP contribution in [-0.4, -0.2) is 32.7 Å². The summed E-state index contributed by atoms with van der Waals surface area (Å²) in [6.07, 6.45) is 2.69. The van der Waals surface area contributed by atoms with Gasteiger partial charge in [-0.15, -0.1) is 12.4 Å². The van der Waals surface area contributed by atoms with E-state index in [9.17, 15) is 4.79 Å². The van der Waals surface area contributed by atoms with Gasteiger partial charge in [0.05, 0.1) is 18.1 Å². The number of halogens is 1. The van der Waals surface area contributed by atoms with Gasteiger partial charge in [-0.2, -0.15) is 0 Å². The third-order valence-corrected chi connectivity index (χ3v) is 4.70. The topological polar surface area (TPSA) is 50.4 Å². The average Bonchev–Trinajstić information content (AvgIpc) is 2.56. The molecule has 1 saturated heterocycles. The summed E-state index contributed by atoms with van der Waals surface area (Å²) in [6.45, 7) is 6.42. The van der Waals surface area contributed by atoms with E-state index in [1.54, 1.807) is 7.11 Å². The van der Waals surface area contributed by atoms with Gasteiger partial charge in [-0.05, 0) is 50.4 Å². The van der Waals surface area contributed by atoms with Crippen LogP contribution in [0.2, 0.25) is 0 Å². The summed E-state index contributed by atoms with van der Waals surface area (Å²) in [4.78, 5) is 12.8. The first-order chi connectivity index (χ1) is 10.6. The molecule has 1 aliphatic heterocycles. The lowest BCUT2D eigenvalue weighted by molar-refractivity contribution is -0.136. The van der Waals surface area contributed by atoms with Crippen molar-refractivity contribution in [2.45, 2.75) is 39.2 Å². The molecule has 0 saturated carbocycles. The van der Waals surface area contributed by atoms with E-state index in [2.05, 4.69) is 41.8 Å². The smallest absolute Gasteiger partial charge is 0.229 e. The predicted molar refractivity (Wildman–Crippen MR) is 96.0 cm³/mol. The Morgan fingerprint density at radius 1 is 1.30 bits per heavy atom. The molecule has 0 spiro atoms. The van der Waals surface area contributed by atoms with Crippen molar-refractivity contribution >= 4 is 18.3 Å². The number of ether oxygens (including phenoxy) is 1. The van der Waals surface area contributed by atoms with Crippen LogP contribution in [-0.2, 0) is 16.0 Å². The first kappa shape index (κ1) is 19.9. The second-order valence-electron chi connectivity index (χ2n) is 6.25. The van der Waals surface area contributed by atoms with Crippen LogP contribution in [0.3, 0.4) is 0 Å². The summed E-state index contributed by atoms with van der Waals surface area (Å²) in [5, 5.41) is 6.50. The summed E-state index contributed by atoms with van der Waals surface area (Å²) in [7, 11) is 1.67. The van der Waals surface area contributed by atoms with Gasteiger partial charge >= 0.3 is 0 Å². The van der Waals surface area contributed by atoms with Gasteiger partial charge in [0, 0.05) is 7.11 Å². The number of amides is 1. The van der Waals surface area contributed by atoms with Crippen molar-refractivity contribution in [1.29, 1.82) is 0 Å². The Labute approximate surface area is 145 Å². The van der Waals surface area contributed by atoms with Gasteiger partial charge in [-0.3, -0.25) is 4.79 Å². The van der Waals surface area contributed by atoms with Gasteiger partial charge in [0.2, 0.25) is 5.91 Å². The van der Waals surface area contributed by atoms with Crippen molar-refractivity contribution in [2.24, 2.45) is 5.41 Å². The highest BCUT2D eigenvalue weighted by Crippen LogP contribution is 2.30. The van der Waals surface area contributed by atoms with Gasteiger partial charge < -0.3 is 15.4 Å². The van der Waals surface area contributed by atoms with Crippen molar-refractivity contribution in [3.05, 3.63) is 35.4 Å². The fourth-order valence-electron chi connectivity index (χ4n) is 3.09. The molecule has 4 nitrogen and oxygen atoms in total. The Hall–Kier alpha value is -1.10. The molecule has 2 N–H and O–H groups in total. The molecule has 1 amide bonds. The molecule has 130 valence electrons. The summed E-state index contributed by atoms with van der Waals surface area (Å²) in [6, 6.07) is 8.49. The minimum absolute atomic E-state index is 0. The number of carbonyl (C=O) groups is 1. The molecule has 1 fully saturated rings. The van der Waals surface area contributed by atoms with E-state index in [-0.39, 0.29) is 24.4 Å². The molecular weight excluding hydrogens is 312 g/mol. The Bertz CT molecular complexity index is 479. The number of hydrogen-bond donors (Lipinski definition) is 2.